The zero-order valence-electron chi connectivity index (χ0n) is 47.0. The summed E-state index contributed by atoms with van der Waals surface area (Å²) in [6.07, 6.45) is 5.78. The van der Waals surface area contributed by atoms with Crippen molar-refractivity contribution < 1.29 is 37.2 Å². The monoisotopic (exact) mass is 1170 g/mol. The maximum absolute atomic E-state index is 9.11. The third kappa shape index (κ3) is 7.42. The van der Waals surface area contributed by atoms with Crippen molar-refractivity contribution in [2.45, 2.75) is 26.2 Å². The van der Waals surface area contributed by atoms with Crippen LogP contribution in [0.2, 0.25) is 0 Å². The smallest absolute Gasteiger partial charge is 0.268 e. The molecule has 14 aromatic rings. The second-order valence-electron chi connectivity index (χ2n) is 20.4. The fourth-order valence-corrected chi connectivity index (χ4v) is 11.5. The number of aromatic nitrogens is 5. The molecule has 0 N–H and O–H groups in total. The van der Waals surface area contributed by atoms with Gasteiger partial charge in [0, 0.05) is 55.1 Å². The second-order valence-corrected chi connectivity index (χ2v) is 20.4. The van der Waals surface area contributed by atoms with Crippen LogP contribution < -0.4 is 9.30 Å². The fourth-order valence-electron chi connectivity index (χ4n) is 11.5. The van der Waals surface area contributed by atoms with E-state index < -0.39 is 6.04 Å². The van der Waals surface area contributed by atoms with Crippen molar-refractivity contribution >= 4 is 54.6 Å². The number of nitrogens with zero attached hydrogens (tertiary/aromatic N) is 5. The SMILES string of the molecule is [2H]c1c([2H])c([2H])c(-c2ccc3c(c2)-c2cccc(-n4c5ccccc5c5ccccc54)c2-[n+]2[c-]n(-c4[c-]c(Oc5[c-]c6c(cc5)c5ccccc5n6-c5cc(C(C)(C)C)ccn5)ccc4)c4cccc(c42)-c2ccccc2-3)c([2H])c1[2H].[Pt]. The van der Waals surface area contributed by atoms with Crippen molar-refractivity contribution in [2.75, 3.05) is 0 Å². The number of para-hydroxylation sites is 5. The topological polar surface area (TPSA) is 40.8 Å². The molecule has 0 spiro atoms. The summed E-state index contributed by atoms with van der Waals surface area (Å²) in [4.78, 5) is 4.89. The number of rotatable bonds is 6. The molecule has 6 nitrogen and oxygen atoms in total. The number of fused-ring (bicyclic) bond motifs is 13. The Morgan fingerprint density at radius 1 is 0.506 bits per heavy atom. The summed E-state index contributed by atoms with van der Waals surface area (Å²) >= 11 is 0. The van der Waals surface area contributed by atoms with Crippen LogP contribution in [0.4, 0.5) is 0 Å². The Morgan fingerprint density at radius 2 is 1.12 bits per heavy atom. The van der Waals surface area contributed by atoms with Crippen molar-refractivity contribution in [3.63, 3.8) is 0 Å². The van der Waals surface area contributed by atoms with Gasteiger partial charge in [-0.15, -0.1) is 29.7 Å². The van der Waals surface area contributed by atoms with Crippen LogP contribution in [0.3, 0.4) is 0 Å². The third-order valence-electron chi connectivity index (χ3n) is 15.0. The van der Waals surface area contributed by atoms with Crippen molar-refractivity contribution in [1.29, 1.82) is 0 Å². The van der Waals surface area contributed by atoms with Gasteiger partial charge in [-0.3, -0.25) is 4.57 Å². The van der Waals surface area contributed by atoms with E-state index in [1.165, 1.54) is 5.56 Å². The van der Waals surface area contributed by atoms with E-state index in [0.29, 0.717) is 22.7 Å². The summed E-state index contributed by atoms with van der Waals surface area (Å²) in [6.45, 7) is 6.63. The van der Waals surface area contributed by atoms with Gasteiger partial charge < -0.3 is 18.4 Å². The Kier molecular flexibility index (Phi) is 9.65. The molecule has 0 radical (unpaired) electrons. The van der Waals surface area contributed by atoms with Gasteiger partial charge in [0.15, 0.2) is 0 Å². The third-order valence-corrected chi connectivity index (χ3v) is 15.0. The van der Waals surface area contributed by atoms with Crippen LogP contribution >= 0.6 is 0 Å². The summed E-state index contributed by atoms with van der Waals surface area (Å²) < 4.78 is 59.5. The molecule has 15 rings (SSSR count). The summed E-state index contributed by atoms with van der Waals surface area (Å²) in [5.41, 5.74) is 15.3. The number of pyridine rings is 1. The molecule has 0 fully saturated rings. The first-order valence-corrected chi connectivity index (χ1v) is 25.5. The maximum Gasteiger partial charge on any atom is 0.268 e. The molecule has 7 heteroatoms. The Labute approximate surface area is 467 Å². The zero-order valence-corrected chi connectivity index (χ0v) is 44.3. The summed E-state index contributed by atoms with van der Waals surface area (Å²) in [5.74, 6) is 1.82. The Morgan fingerprint density at radius 3 is 1.87 bits per heavy atom. The van der Waals surface area contributed by atoms with Gasteiger partial charge in [-0.05, 0) is 109 Å². The molecular formula is C70H47N5OPt-2. The van der Waals surface area contributed by atoms with Crippen molar-refractivity contribution in [2.24, 2.45) is 0 Å². The van der Waals surface area contributed by atoms with E-state index in [-0.39, 0.29) is 56.2 Å². The normalized spacial score (nSPS) is 12.9. The summed E-state index contributed by atoms with van der Waals surface area (Å²) in [7, 11) is 0. The van der Waals surface area contributed by atoms with Crippen molar-refractivity contribution in [3.05, 3.63) is 255 Å². The van der Waals surface area contributed by atoms with Crippen LogP contribution in [0.15, 0.2) is 231 Å². The Hall–Kier alpha value is -9.09. The molecule has 0 atom stereocenters. The molecule has 5 heterocycles. The molecular weight excluding hydrogens is 1120 g/mol. The Balaban J connectivity index is 0.00000602. The molecule has 77 heavy (non-hydrogen) atoms. The van der Waals surface area contributed by atoms with Gasteiger partial charge in [-0.1, -0.05) is 178 Å². The number of hydrogen-bond donors (Lipinski definition) is 0. The largest absolute Gasteiger partial charge is 0.510 e. The minimum atomic E-state index is -0.435. The molecule has 0 unspecified atom stereocenters. The van der Waals surface area contributed by atoms with Gasteiger partial charge >= 0.3 is 0 Å². The molecule has 0 amide bonds. The minimum Gasteiger partial charge on any atom is -0.510 e. The minimum absolute atomic E-state index is 0. The molecule has 0 bridgehead atoms. The average molecular weight is 1170 g/mol. The predicted molar refractivity (Wildman–Crippen MR) is 308 cm³/mol. The first-order chi connectivity index (χ1) is 39.4. The summed E-state index contributed by atoms with van der Waals surface area (Å²) in [5, 5.41) is 4.35. The van der Waals surface area contributed by atoms with Crippen LogP contribution in [0.5, 0.6) is 11.5 Å². The van der Waals surface area contributed by atoms with E-state index in [1.807, 2.05) is 59.3 Å². The van der Waals surface area contributed by atoms with Crippen LogP contribution in [0, 0.1) is 18.5 Å². The van der Waals surface area contributed by atoms with Gasteiger partial charge in [-0.2, -0.15) is 18.2 Å². The van der Waals surface area contributed by atoms with Gasteiger partial charge in [0.2, 0.25) is 0 Å². The molecule has 10 aromatic carbocycles. The Bertz CT molecular complexity index is 4910. The van der Waals surface area contributed by atoms with E-state index in [1.54, 1.807) is 0 Å². The predicted octanol–water partition coefficient (Wildman–Crippen LogP) is 17.0. The van der Waals surface area contributed by atoms with Crippen LogP contribution in [0.1, 0.15) is 33.2 Å². The second kappa shape index (κ2) is 18.0. The van der Waals surface area contributed by atoms with Gasteiger partial charge in [0.1, 0.15) is 5.82 Å². The number of hydrogen-bond acceptors (Lipinski definition) is 2. The van der Waals surface area contributed by atoms with E-state index in [4.69, 9.17) is 16.6 Å². The van der Waals surface area contributed by atoms with Crippen LogP contribution in [0.25, 0.3) is 122 Å². The zero-order chi connectivity index (χ0) is 55.0. The fraction of sp³-hybridized carbons (Fsp3) is 0.0571. The molecule has 4 aromatic heterocycles. The standard InChI is InChI=1S/C70H47N5O.Pt/c1-70(2,3)47-38-39-71-67(41-47)75-63-31-14-11-26-56(63)57-37-35-50(43-66(57)75)76-49-21-15-20-48(42-49)72-44-73-68-58(27-16-32-64(68)72)52-23-8-7-22-51(52)53-36-34-46(45-18-5-4-6-19-45)40-60(53)59-28-17-33-65(69(59)73)74-61-29-12-9-24-54(61)55-25-10-13-30-62(55)74;/h4-41H,1-3H3;/q-2;/i4D,5D,6D,18D,19D;. The average Bonchev–Trinajstić information content (AvgIpc) is 4.20. The molecule has 0 aliphatic carbocycles. The van der Waals surface area contributed by atoms with E-state index in [9.17, 15) is 0 Å². The van der Waals surface area contributed by atoms with E-state index >= 15 is 0 Å². The van der Waals surface area contributed by atoms with Crippen LogP contribution in [-0.4, -0.2) is 18.7 Å². The molecule has 1 aliphatic heterocycles. The maximum atomic E-state index is 9.11. The first kappa shape index (κ1) is 41.2. The van der Waals surface area contributed by atoms with Gasteiger partial charge in [-0.25, -0.2) is 4.98 Å². The van der Waals surface area contributed by atoms with Crippen molar-refractivity contribution in [1.82, 2.24) is 18.7 Å². The van der Waals surface area contributed by atoms with E-state index in [2.05, 4.69) is 199 Å². The first-order valence-electron chi connectivity index (χ1n) is 28.0. The number of imidazole rings is 1. The van der Waals surface area contributed by atoms with E-state index in [0.717, 1.165) is 105 Å². The van der Waals surface area contributed by atoms with Gasteiger partial charge in [0.25, 0.3) is 6.33 Å². The molecule has 0 saturated carbocycles. The van der Waals surface area contributed by atoms with Crippen LogP contribution in [-0.2, 0) is 26.5 Å². The molecule has 0 saturated heterocycles. The quantitative estimate of drug-likeness (QED) is 0.123. The molecule has 1 aliphatic rings. The van der Waals surface area contributed by atoms with Crippen molar-refractivity contribution in [3.8, 4) is 78.9 Å². The summed E-state index contributed by atoms with van der Waals surface area (Å²) in [6, 6.07) is 72.0. The number of benzene rings is 10. The molecule has 370 valence electrons. The number of ether oxygens (including phenoxy) is 1. The van der Waals surface area contributed by atoms with Gasteiger partial charge in [0.05, 0.1) is 40.3 Å².